The predicted molar refractivity (Wildman–Crippen MR) is 111 cm³/mol. The first kappa shape index (κ1) is 18.4. The number of nitriles is 1. The minimum atomic E-state index is -0.200. The van der Waals surface area contributed by atoms with Crippen molar-refractivity contribution >= 4 is 10.8 Å². The van der Waals surface area contributed by atoms with Gasteiger partial charge in [0.25, 0.3) is 5.56 Å². The Hall–Kier alpha value is -3.98. The fourth-order valence-corrected chi connectivity index (χ4v) is 3.52. The summed E-state index contributed by atoms with van der Waals surface area (Å²) < 4.78 is 6.04. The van der Waals surface area contributed by atoms with E-state index in [2.05, 4.69) is 21.3 Å². The van der Waals surface area contributed by atoms with Gasteiger partial charge < -0.3 is 4.74 Å². The van der Waals surface area contributed by atoms with Crippen LogP contribution in [-0.4, -0.2) is 15.2 Å². The molecule has 6 heteroatoms. The third-order valence-corrected chi connectivity index (χ3v) is 4.96. The van der Waals surface area contributed by atoms with Crippen LogP contribution >= 0.6 is 0 Å². The molecule has 0 fully saturated rings. The average Bonchev–Trinajstić information content (AvgIpc) is 2.72. The highest BCUT2D eigenvalue weighted by Gasteiger charge is 2.14. The summed E-state index contributed by atoms with van der Waals surface area (Å²) in [5, 5.41) is 17.6. The molecule has 0 aliphatic rings. The summed E-state index contributed by atoms with van der Waals surface area (Å²) in [7, 11) is 0. The largest absolute Gasteiger partial charge is 0.438 e. The van der Waals surface area contributed by atoms with E-state index in [1.165, 1.54) is 0 Å². The minimum Gasteiger partial charge on any atom is -0.438 e. The van der Waals surface area contributed by atoms with E-state index in [0.29, 0.717) is 28.1 Å². The van der Waals surface area contributed by atoms with Crippen LogP contribution in [0.4, 0.5) is 0 Å². The molecular formula is C23H18N4O2. The standard InChI is InChI=1S/C23H18N4O2/c1-13-11-18(7-8-19(13)20-14(2)22(28)27-26-15(20)3)29-23-21-16(9-10-25-23)5-4-6-17(21)12-24/h4-11H,1-3H3,(H,27,28). The van der Waals surface area contributed by atoms with E-state index in [0.717, 1.165) is 27.8 Å². The average molecular weight is 382 g/mol. The van der Waals surface area contributed by atoms with Gasteiger partial charge in [0.15, 0.2) is 0 Å². The molecule has 29 heavy (non-hydrogen) atoms. The van der Waals surface area contributed by atoms with Crippen molar-refractivity contribution in [1.29, 1.82) is 5.26 Å². The van der Waals surface area contributed by atoms with Gasteiger partial charge >= 0.3 is 0 Å². The Kier molecular flexibility index (Phi) is 4.57. The molecule has 2 aromatic heterocycles. The molecular weight excluding hydrogens is 364 g/mol. The van der Waals surface area contributed by atoms with Crippen LogP contribution in [0, 0.1) is 32.1 Å². The van der Waals surface area contributed by atoms with Gasteiger partial charge in [0.1, 0.15) is 5.75 Å². The van der Waals surface area contributed by atoms with Crippen LogP contribution in [-0.2, 0) is 0 Å². The molecule has 142 valence electrons. The molecule has 0 atom stereocenters. The van der Waals surface area contributed by atoms with Gasteiger partial charge in [0.2, 0.25) is 5.88 Å². The van der Waals surface area contributed by atoms with Crippen molar-refractivity contribution in [1.82, 2.24) is 15.2 Å². The number of aryl methyl sites for hydroxylation is 2. The van der Waals surface area contributed by atoms with Gasteiger partial charge in [-0.3, -0.25) is 4.79 Å². The first-order valence-electron chi connectivity index (χ1n) is 9.12. The second-order valence-corrected chi connectivity index (χ2v) is 6.85. The van der Waals surface area contributed by atoms with Gasteiger partial charge in [-0.05, 0) is 61.5 Å². The Morgan fingerprint density at radius 1 is 1.10 bits per heavy atom. The van der Waals surface area contributed by atoms with Crippen LogP contribution < -0.4 is 10.3 Å². The number of ether oxygens (including phenoxy) is 1. The number of nitrogens with one attached hydrogen (secondary N) is 1. The van der Waals surface area contributed by atoms with Gasteiger partial charge in [0, 0.05) is 17.3 Å². The minimum absolute atomic E-state index is 0.200. The van der Waals surface area contributed by atoms with E-state index < -0.39 is 0 Å². The predicted octanol–water partition coefficient (Wildman–Crippen LogP) is 4.57. The molecule has 0 unspecified atom stereocenters. The summed E-state index contributed by atoms with van der Waals surface area (Å²) >= 11 is 0. The SMILES string of the molecule is Cc1cc(Oc2nccc3cccc(C#N)c23)ccc1-c1c(C)n[nH]c(=O)c1C. The second kappa shape index (κ2) is 7.21. The van der Waals surface area contributed by atoms with Gasteiger partial charge in [-0.2, -0.15) is 10.4 Å². The lowest BCUT2D eigenvalue weighted by Crippen LogP contribution is -2.14. The number of H-pyrrole nitrogens is 1. The first-order valence-corrected chi connectivity index (χ1v) is 9.12. The highest BCUT2D eigenvalue weighted by atomic mass is 16.5. The molecule has 4 aromatic rings. The van der Waals surface area contributed by atoms with Crippen LogP contribution in [0.15, 0.2) is 53.5 Å². The number of aromatic amines is 1. The lowest BCUT2D eigenvalue weighted by molar-refractivity contribution is 0.469. The number of pyridine rings is 1. The highest BCUT2D eigenvalue weighted by Crippen LogP contribution is 2.34. The molecule has 2 heterocycles. The topological polar surface area (TPSA) is 91.7 Å². The van der Waals surface area contributed by atoms with Crippen LogP contribution in [0.5, 0.6) is 11.6 Å². The Labute approximate surface area is 167 Å². The van der Waals surface area contributed by atoms with Crippen molar-refractivity contribution in [3.05, 3.63) is 81.4 Å². The third-order valence-electron chi connectivity index (χ3n) is 4.96. The molecule has 0 bridgehead atoms. The highest BCUT2D eigenvalue weighted by molar-refractivity contribution is 5.92. The van der Waals surface area contributed by atoms with Crippen molar-refractivity contribution in [2.75, 3.05) is 0 Å². The van der Waals surface area contributed by atoms with Gasteiger partial charge in [-0.25, -0.2) is 10.1 Å². The summed E-state index contributed by atoms with van der Waals surface area (Å²) in [5.41, 5.74) is 4.40. The molecule has 2 aromatic carbocycles. The van der Waals surface area contributed by atoms with Crippen LogP contribution in [0.1, 0.15) is 22.4 Å². The number of hydrogen-bond acceptors (Lipinski definition) is 5. The van der Waals surface area contributed by atoms with Crippen LogP contribution in [0.3, 0.4) is 0 Å². The Balaban J connectivity index is 1.78. The third kappa shape index (κ3) is 3.23. The Morgan fingerprint density at radius 3 is 2.69 bits per heavy atom. The molecule has 0 radical (unpaired) electrons. The maximum Gasteiger partial charge on any atom is 0.267 e. The molecule has 0 aliphatic carbocycles. The van der Waals surface area contributed by atoms with E-state index in [-0.39, 0.29) is 5.56 Å². The van der Waals surface area contributed by atoms with Gasteiger partial charge in [-0.1, -0.05) is 18.2 Å². The fraction of sp³-hybridized carbons (Fsp3) is 0.130. The number of nitrogens with zero attached hydrogens (tertiary/aromatic N) is 3. The summed E-state index contributed by atoms with van der Waals surface area (Å²) in [6, 6.07) is 15.2. The van der Waals surface area contributed by atoms with Gasteiger partial charge in [-0.15, -0.1) is 0 Å². The number of rotatable bonds is 3. The second-order valence-electron chi connectivity index (χ2n) is 6.85. The number of aromatic nitrogens is 3. The maximum atomic E-state index is 12.0. The maximum absolute atomic E-state index is 12.0. The summed E-state index contributed by atoms with van der Waals surface area (Å²) in [4.78, 5) is 16.3. The van der Waals surface area contributed by atoms with E-state index in [1.54, 1.807) is 19.2 Å². The zero-order valence-corrected chi connectivity index (χ0v) is 16.3. The smallest absolute Gasteiger partial charge is 0.267 e. The van der Waals surface area contributed by atoms with Crippen molar-refractivity contribution in [3.63, 3.8) is 0 Å². The van der Waals surface area contributed by atoms with E-state index in [1.807, 2.05) is 50.2 Å². The normalized spacial score (nSPS) is 10.7. The number of benzene rings is 2. The molecule has 0 saturated carbocycles. The fourth-order valence-electron chi connectivity index (χ4n) is 3.52. The first-order chi connectivity index (χ1) is 14.0. The Morgan fingerprint density at radius 2 is 1.93 bits per heavy atom. The lowest BCUT2D eigenvalue weighted by Gasteiger charge is -2.13. The Bertz CT molecular complexity index is 1340. The summed E-state index contributed by atoms with van der Waals surface area (Å²) in [5.74, 6) is 0.990. The van der Waals surface area contributed by atoms with E-state index in [9.17, 15) is 10.1 Å². The van der Waals surface area contributed by atoms with Crippen molar-refractivity contribution < 1.29 is 4.74 Å². The molecule has 0 aliphatic heterocycles. The number of hydrogen-bond donors (Lipinski definition) is 1. The van der Waals surface area contributed by atoms with Crippen molar-refractivity contribution in [2.45, 2.75) is 20.8 Å². The van der Waals surface area contributed by atoms with Crippen LogP contribution in [0.25, 0.3) is 21.9 Å². The van der Waals surface area contributed by atoms with Crippen molar-refractivity contribution in [2.24, 2.45) is 0 Å². The van der Waals surface area contributed by atoms with E-state index >= 15 is 0 Å². The van der Waals surface area contributed by atoms with Crippen LogP contribution in [0.2, 0.25) is 0 Å². The quantitative estimate of drug-likeness (QED) is 0.560. The summed E-state index contributed by atoms with van der Waals surface area (Å²) in [6.07, 6.45) is 1.66. The lowest BCUT2D eigenvalue weighted by atomic mass is 9.96. The molecule has 0 saturated heterocycles. The monoisotopic (exact) mass is 382 g/mol. The molecule has 4 rings (SSSR count). The molecule has 6 nitrogen and oxygen atoms in total. The van der Waals surface area contributed by atoms with Crippen molar-refractivity contribution in [3.8, 4) is 28.8 Å². The molecule has 1 N–H and O–H groups in total. The molecule has 0 amide bonds. The molecule has 0 spiro atoms. The number of fused-ring (bicyclic) bond motifs is 1. The summed E-state index contributed by atoms with van der Waals surface area (Å²) in [6.45, 7) is 5.61. The zero-order chi connectivity index (χ0) is 20.5. The zero-order valence-electron chi connectivity index (χ0n) is 16.3. The van der Waals surface area contributed by atoms with E-state index in [4.69, 9.17) is 4.74 Å². The van der Waals surface area contributed by atoms with Gasteiger partial charge in [0.05, 0.1) is 22.7 Å².